The number of benzene rings is 1. The van der Waals surface area contributed by atoms with Gasteiger partial charge in [0.05, 0.1) is 5.69 Å². The lowest BCUT2D eigenvalue weighted by Gasteiger charge is -2.14. The van der Waals surface area contributed by atoms with Crippen LogP contribution < -0.4 is 0 Å². The van der Waals surface area contributed by atoms with Crippen LogP contribution in [0.5, 0.6) is 0 Å². The summed E-state index contributed by atoms with van der Waals surface area (Å²) in [7, 11) is 1.90. The molecule has 0 radical (unpaired) electrons. The van der Waals surface area contributed by atoms with E-state index >= 15 is 0 Å². The summed E-state index contributed by atoms with van der Waals surface area (Å²) in [5.41, 5.74) is 2.07. The second kappa shape index (κ2) is 5.65. The molecular formula is C16H16N2O4. The fourth-order valence-corrected chi connectivity index (χ4v) is 2.52. The highest BCUT2D eigenvalue weighted by atomic mass is 16.5. The van der Waals surface area contributed by atoms with E-state index in [9.17, 15) is 9.90 Å². The van der Waals surface area contributed by atoms with Gasteiger partial charge in [-0.2, -0.15) is 0 Å². The van der Waals surface area contributed by atoms with Crippen molar-refractivity contribution >= 4 is 16.9 Å². The third kappa shape index (κ3) is 2.73. The quantitative estimate of drug-likeness (QED) is 0.780. The summed E-state index contributed by atoms with van der Waals surface area (Å²) in [5.74, 6) is -0.315. The summed E-state index contributed by atoms with van der Waals surface area (Å²) >= 11 is 0. The normalized spacial score (nSPS) is 11.4. The number of hydrogen-bond donors (Lipinski definition) is 1. The van der Waals surface area contributed by atoms with Crippen LogP contribution in [0.2, 0.25) is 0 Å². The van der Waals surface area contributed by atoms with Crippen molar-refractivity contribution in [1.29, 1.82) is 0 Å². The van der Waals surface area contributed by atoms with Gasteiger partial charge >= 0.3 is 5.97 Å². The smallest absolute Gasteiger partial charge is 0.372 e. The molecular weight excluding hydrogens is 284 g/mol. The molecule has 6 heteroatoms. The highest BCUT2D eigenvalue weighted by molar-refractivity contribution is 5.95. The van der Waals surface area contributed by atoms with Crippen molar-refractivity contribution in [2.24, 2.45) is 0 Å². The molecule has 6 nitrogen and oxygen atoms in total. The summed E-state index contributed by atoms with van der Waals surface area (Å²) in [6.45, 7) is 2.85. The number of carboxylic acids is 1. The molecule has 1 N–H and O–H groups in total. The number of carbonyl (C=O) groups is 1. The Balaban J connectivity index is 1.88. The topological polar surface area (TPSA) is 79.7 Å². The molecule has 0 atom stereocenters. The zero-order chi connectivity index (χ0) is 15.7. The van der Waals surface area contributed by atoms with E-state index < -0.39 is 5.97 Å². The van der Waals surface area contributed by atoms with Gasteiger partial charge in [-0.15, -0.1) is 0 Å². The van der Waals surface area contributed by atoms with Crippen molar-refractivity contribution in [2.75, 3.05) is 7.05 Å². The van der Waals surface area contributed by atoms with Gasteiger partial charge in [-0.25, -0.2) is 4.79 Å². The first-order chi connectivity index (χ1) is 10.5. The Morgan fingerprint density at radius 2 is 2.09 bits per heavy atom. The second-order valence-electron chi connectivity index (χ2n) is 5.31. The summed E-state index contributed by atoms with van der Waals surface area (Å²) in [6, 6.07) is 9.19. The minimum atomic E-state index is -1.06. The lowest BCUT2D eigenvalue weighted by Crippen LogP contribution is -2.18. The maximum atomic E-state index is 11.4. The first kappa shape index (κ1) is 14.3. The molecule has 2 heterocycles. The predicted octanol–water partition coefficient (Wildman–Crippen LogP) is 3.06. The summed E-state index contributed by atoms with van der Waals surface area (Å²) in [5, 5.41) is 14.1. The van der Waals surface area contributed by atoms with E-state index in [1.165, 1.54) is 0 Å². The monoisotopic (exact) mass is 300 g/mol. The number of aromatic carboxylic acids is 1. The molecule has 0 amide bonds. The van der Waals surface area contributed by atoms with E-state index in [2.05, 4.69) is 5.16 Å². The van der Waals surface area contributed by atoms with Crippen LogP contribution in [-0.2, 0) is 13.1 Å². The van der Waals surface area contributed by atoms with E-state index in [0.717, 1.165) is 16.8 Å². The van der Waals surface area contributed by atoms with Gasteiger partial charge in [0.2, 0.25) is 5.76 Å². The largest absolute Gasteiger partial charge is 0.475 e. The molecule has 22 heavy (non-hydrogen) atoms. The third-order valence-electron chi connectivity index (χ3n) is 3.43. The molecule has 114 valence electrons. The summed E-state index contributed by atoms with van der Waals surface area (Å²) in [4.78, 5) is 13.4. The molecule has 0 saturated carbocycles. The molecule has 0 aliphatic carbocycles. The van der Waals surface area contributed by atoms with Crippen molar-refractivity contribution in [1.82, 2.24) is 10.1 Å². The molecule has 0 fully saturated rings. The maximum Gasteiger partial charge on any atom is 0.372 e. The Hall–Kier alpha value is -2.60. The molecule has 0 aliphatic rings. The van der Waals surface area contributed by atoms with Crippen LogP contribution in [0, 0.1) is 6.92 Å². The molecule has 3 rings (SSSR count). The van der Waals surface area contributed by atoms with Gasteiger partial charge in [-0.3, -0.25) is 4.90 Å². The van der Waals surface area contributed by atoms with Crippen LogP contribution in [-0.4, -0.2) is 28.2 Å². The lowest BCUT2D eigenvalue weighted by molar-refractivity contribution is 0.0662. The van der Waals surface area contributed by atoms with E-state index in [1.54, 1.807) is 6.07 Å². The maximum absolute atomic E-state index is 11.4. The molecule has 0 bridgehead atoms. The average Bonchev–Trinajstić information content (AvgIpc) is 3.03. The van der Waals surface area contributed by atoms with Crippen LogP contribution in [0.3, 0.4) is 0 Å². The van der Waals surface area contributed by atoms with Crippen molar-refractivity contribution in [3.05, 3.63) is 53.1 Å². The zero-order valence-corrected chi connectivity index (χ0v) is 12.4. The van der Waals surface area contributed by atoms with Gasteiger partial charge in [0.1, 0.15) is 11.3 Å². The predicted molar refractivity (Wildman–Crippen MR) is 79.6 cm³/mol. The number of aryl methyl sites for hydroxylation is 1. The fraction of sp³-hybridized carbons (Fsp3) is 0.250. The van der Waals surface area contributed by atoms with Gasteiger partial charge in [-0.1, -0.05) is 23.4 Å². The van der Waals surface area contributed by atoms with Crippen LogP contribution in [0.15, 0.2) is 39.3 Å². The number of fused-ring (bicyclic) bond motifs is 1. The standard InChI is InChI=1S/C16H16N2O4/c1-10-7-11(17-22-10)8-18(2)9-13-12-5-3-4-6-14(12)21-15(13)16(19)20/h3-7H,8-9H2,1-2H3,(H,19,20). The lowest BCUT2D eigenvalue weighted by atomic mass is 10.1. The Kier molecular flexibility index (Phi) is 3.68. The van der Waals surface area contributed by atoms with Crippen molar-refractivity contribution in [2.45, 2.75) is 20.0 Å². The number of nitrogens with zero attached hydrogens (tertiary/aromatic N) is 2. The second-order valence-corrected chi connectivity index (χ2v) is 5.31. The van der Waals surface area contributed by atoms with Crippen LogP contribution in [0.4, 0.5) is 0 Å². The number of para-hydroxylation sites is 1. The number of aromatic nitrogens is 1. The van der Waals surface area contributed by atoms with Gasteiger partial charge in [0.15, 0.2) is 0 Å². The molecule has 0 aliphatic heterocycles. The number of carboxylic acid groups (broad SMARTS) is 1. The van der Waals surface area contributed by atoms with E-state index in [-0.39, 0.29) is 5.76 Å². The Morgan fingerprint density at radius 3 is 2.77 bits per heavy atom. The Morgan fingerprint density at radius 1 is 1.32 bits per heavy atom. The van der Waals surface area contributed by atoms with Crippen molar-refractivity contribution in [3.8, 4) is 0 Å². The van der Waals surface area contributed by atoms with Crippen molar-refractivity contribution < 1.29 is 18.8 Å². The van der Waals surface area contributed by atoms with E-state index in [1.807, 2.05) is 43.1 Å². The number of rotatable bonds is 5. The molecule has 2 aromatic heterocycles. The first-order valence-corrected chi connectivity index (χ1v) is 6.89. The summed E-state index contributed by atoms with van der Waals surface area (Å²) < 4.78 is 10.5. The fourth-order valence-electron chi connectivity index (χ4n) is 2.52. The Labute approximate surface area is 126 Å². The molecule has 3 aromatic rings. The molecule has 0 saturated heterocycles. The van der Waals surface area contributed by atoms with Gasteiger partial charge in [0, 0.05) is 30.1 Å². The van der Waals surface area contributed by atoms with Gasteiger partial charge in [-0.05, 0) is 20.0 Å². The zero-order valence-electron chi connectivity index (χ0n) is 12.4. The molecule has 0 spiro atoms. The number of hydrogen-bond acceptors (Lipinski definition) is 5. The highest BCUT2D eigenvalue weighted by Gasteiger charge is 2.21. The van der Waals surface area contributed by atoms with E-state index in [4.69, 9.17) is 8.94 Å². The van der Waals surface area contributed by atoms with Gasteiger partial charge < -0.3 is 14.0 Å². The Bertz CT molecular complexity index is 819. The SMILES string of the molecule is Cc1cc(CN(C)Cc2c(C(=O)O)oc3ccccc23)no1. The van der Waals surface area contributed by atoms with Crippen molar-refractivity contribution in [3.63, 3.8) is 0 Å². The van der Waals surface area contributed by atoms with Gasteiger partial charge in [0.25, 0.3) is 0 Å². The van der Waals surface area contributed by atoms with Crippen LogP contribution in [0.25, 0.3) is 11.0 Å². The average molecular weight is 300 g/mol. The molecule has 1 aromatic carbocycles. The highest BCUT2D eigenvalue weighted by Crippen LogP contribution is 2.27. The first-order valence-electron chi connectivity index (χ1n) is 6.89. The minimum absolute atomic E-state index is 0.00983. The van der Waals surface area contributed by atoms with E-state index in [0.29, 0.717) is 24.2 Å². The van der Waals surface area contributed by atoms with Crippen LogP contribution in [0.1, 0.15) is 27.6 Å². The minimum Gasteiger partial charge on any atom is -0.475 e. The van der Waals surface area contributed by atoms with Crippen LogP contribution >= 0.6 is 0 Å². The molecule has 0 unspecified atom stereocenters. The third-order valence-corrected chi connectivity index (χ3v) is 3.43. The summed E-state index contributed by atoms with van der Waals surface area (Å²) in [6.07, 6.45) is 0. The number of furan rings is 1.